The van der Waals surface area contributed by atoms with Crippen molar-refractivity contribution >= 4 is 5.97 Å². The van der Waals surface area contributed by atoms with Gasteiger partial charge >= 0.3 is 5.97 Å². The summed E-state index contributed by atoms with van der Waals surface area (Å²) in [5.41, 5.74) is 0. The molecule has 0 bridgehead atoms. The number of likely N-dealkylation sites (N-methyl/N-ethyl adjacent to an activating group) is 1. The monoisotopic (exact) mass is 143 g/mol. The van der Waals surface area contributed by atoms with Crippen molar-refractivity contribution < 1.29 is 9.90 Å². The Kier molecular flexibility index (Phi) is 4.58. The van der Waals surface area contributed by atoms with E-state index in [1.165, 1.54) is 0 Å². The molecule has 0 heterocycles. The summed E-state index contributed by atoms with van der Waals surface area (Å²) in [5, 5.41) is 8.28. The van der Waals surface area contributed by atoms with Gasteiger partial charge in [-0.25, -0.2) is 0 Å². The van der Waals surface area contributed by atoms with E-state index < -0.39 is 5.97 Å². The highest BCUT2D eigenvalue weighted by atomic mass is 16.4. The lowest BCUT2D eigenvalue weighted by Crippen LogP contribution is -2.21. The number of carboxylic acids is 1. The van der Waals surface area contributed by atoms with Gasteiger partial charge in [-0.15, -0.1) is 6.58 Å². The van der Waals surface area contributed by atoms with Crippen LogP contribution in [0.2, 0.25) is 0 Å². The first-order valence-electron chi connectivity index (χ1n) is 3.18. The lowest BCUT2D eigenvalue weighted by molar-refractivity contribution is -0.137. The Balaban J connectivity index is 3.29. The fraction of sp³-hybridized carbons (Fsp3) is 0.571. The summed E-state index contributed by atoms with van der Waals surface area (Å²) in [6, 6.07) is 0. The third-order valence-electron chi connectivity index (χ3n) is 1.15. The molecule has 58 valence electrons. The number of aliphatic carboxylic acids is 1. The largest absolute Gasteiger partial charge is 0.481 e. The van der Waals surface area contributed by atoms with Crippen LogP contribution in [0.1, 0.15) is 6.42 Å². The molecule has 0 aliphatic rings. The highest BCUT2D eigenvalue weighted by Crippen LogP contribution is 1.86. The predicted molar refractivity (Wildman–Crippen MR) is 39.9 cm³/mol. The molecule has 0 spiro atoms. The summed E-state index contributed by atoms with van der Waals surface area (Å²) in [6.45, 7) is 4.87. The Morgan fingerprint density at radius 3 is 2.80 bits per heavy atom. The van der Waals surface area contributed by atoms with Crippen molar-refractivity contribution in [2.45, 2.75) is 6.42 Å². The molecular weight excluding hydrogens is 130 g/mol. The molecule has 0 saturated heterocycles. The molecule has 1 N–H and O–H groups in total. The quantitative estimate of drug-likeness (QED) is 0.572. The molecule has 0 aromatic carbocycles. The van der Waals surface area contributed by atoms with Crippen molar-refractivity contribution in [2.24, 2.45) is 0 Å². The lowest BCUT2D eigenvalue weighted by atomic mass is 10.4. The second kappa shape index (κ2) is 4.99. The molecule has 0 amide bonds. The molecule has 3 nitrogen and oxygen atoms in total. The van der Waals surface area contributed by atoms with Crippen LogP contribution in [0, 0.1) is 0 Å². The van der Waals surface area contributed by atoms with Gasteiger partial charge in [0.15, 0.2) is 0 Å². The van der Waals surface area contributed by atoms with Gasteiger partial charge in [0.25, 0.3) is 0 Å². The Labute approximate surface area is 61.0 Å². The van der Waals surface area contributed by atoms with Gasteiger partial charge in [-0.1, -0.05) is 6.08 Å². The SMILES string of the molecule is C=CCN(C)CCC(=O)O. The molecule has 0 fully saturated rings. The van der Waals surface area contributed by atoms with Gasteiger partial charge in [0.2, 0.25) is 0 Å². The second-order valence-electron chi connectivity index (χ2n) is 2.19. The minimum absolute atomic E-state index is 0.199. The number of rotatable bonds is 5. The van der Waals surface area contributed by atoms with E-state index in [1.54, 1.807) is 6.08 Å². The second-order valence-corrected chi connectivity index (χ2v) is 2.19. The van der Waals surface area contributed by atoms with Crippen molar-refractivity contribution in [3.63, 3.8) is 0 Å². The predicted octanol–water partition coefficient (Wildman–Crippen LogP) is 0.579. The minimum atomic E-state index is -0.754. The summed E-state index contributed by atoms with van der Waals surface area (Å²) < 4.78 is 0. The molecule has 0 saturated carbocycles. The Bertz CT molecular complexity index is 123. The van der Waals surface area contributed by atoms with Gasteiger partial charge in [-0.2, -0.15) is 0 Å². The van der Waals surface area contributed by atoms with Crippen LogP contribution in [0.5, 0.6) is 0 Å². The van der Waals surface area contributed by atoms with Gasteiger partial charge < -0.3 is 10.0 Å². The number of hydrogen-bond donors (Lipinski definition) is 1. The van der Waals surface area contributed by atoms with E-state index >= 15 is 0 Å². The molecule has 10 heavy (non-hydrogen) atoms. The summed E-state index contributed by atoms with van der Waals surface area (Å²) in [6.07, 6.45) is 1.95. The van der Waals surface area contributed by atoms with Gasteiger partial charge in [-0.05, 0) is 7.05 Å². The minimum Gasteiger partial charge on any atom is -0.481 e. The van der Waals surface area contributed by atoms with Crippen LogP contribution < -0.4 is 0 Å². The van der Waals surface area contributed by atoms with Gasteiger partial charge in [0, 0.05) is 13.1 Å². The third-order valence-corrected chi connectivity index (χ3v) is 1.15. The summed E-state index contributed by atoms with van der Waals surface area (Å²) in [7, 11) is 1.87. The number of carbonyl (C=O) groups is 1. The Hall–Kier alpha value is -0.830. The van der Waals surface area contributed by atoms with Crippen molar-refractivity contribution in [1.29, 1.82) is 0 Å². The standard InChI is InChI=1S/C7H13NO2/c1-3-5-8(2)6-4-7(9)10/h3H,1,4-6H2,2H3,(H,9,10). The average molecular weight is 143 g/mol. The van der Waals surface area contributed by atoms with Crippen molar-refractivity contribution in [1.82, 2.24) is 4.90 Å². The average Bonchev–Trinajstić information content (AvgIpc) is 1.85. The summed E-state index contributed by atoms with van der Waals surface area (Å²) in [5.74, 6) is -0.754. The smallest absolute Gasteiger partial charge is 0.304 e. The molecule has 0 radical (unpaired) electrons. The summed E-state index contributed by atoms with van der Waals surface area (Å²) in [4.78, 5) is 12.0. The Morgan fingerprint density at radius 2 is 2.40 bits per heavy atom. The highest BCUT2D eigenvalue weighted by molar-refractivity contribution is 5.66. The zero-order valence-electron chi connectivity index (χ0n) is 6.21. The maximum absolute atomic E-state index is 10.1. The molecule has 3 heteroatoms. The van der Waals surface area contributed by atoms with E-state index in [4.69, 9.17) is 5.11 Å². The van der Waals surface area contributed by atoms with E-state index in [1.807, 2.05) is 11.9 Å². The van der Waals surface area contributed by atoms with E-state index in [2.05, 4.69) is 6.58 Å². The van der Waals surface area contributed by atoms with E-state index in [0.29, 0.717) is 6.54 Å². The molecule has 0 unspecified atom stereocenters. The van der Waals surface area contributed by atoms with Crippen molar-refractivity contribution in [3.05, 3.63) is 12.7 Å². The molecule has 0 aromatic heterocycles. The number of nitrogens with zero attached hydrogens (tertiary/aromatic N) is 1. The third kappa shape index (κ3) is 5.31. The van der Waals surface area contributed by atoms with Crippen molar-refractivity contribution in [2.75, 3.05) is 20.1 Å². The molecule has 0 rings (SSSR count). The number of carboxylic acid groups (broad SMARTS) is 1. The van der Waals surface area contributed by atoms with E-state index in [0.717, 1.165) is 6.54 Å². The zero-order chi connectivity index (χ0) is 7.98. The van der Waals surface area contributed by atoms with Crippen LogP contribution in [0.15, 0.2) is 12.7 Å². The van der Waals surface area contributed by atoms with E-state index in [-0.39, 0.29) is 6.42 Å². The topological polar surface area (TPSA) is 40.5 Å². The normalized spacial score (nSPS) is 9.80. The first kappa shape index (κ1) is 9.17. The van der Waals surface area contributed by atoms with Crippen LogP contribution in [0.3, 0.4) is 0 Å². The molecule has 0 aliphatic carbocycles. The number of hydrogen-bond acceptors (Lipinski definition) is 2. The lowest BCUT2D eigenvalue weighted by Gasteiger charge is -2.11. The van der Waals surface area contributed by atoms with Gasteiger partial charge in [-0.3, -0.25) is 4.79 Å². The van der Waals surface area contributed by atoms with Crippen LogP contribution in [0.25, 0.3) is 0 Å². The maximum atomic E-state index is 10.1. The van der Waals surface area contributed by atoms with E-state index in [9.17, 15) is 4.79 Å². The van der Waals surface area contributed by atoms with Crippen LogP contribution >= 0.6 is 0 Å². The summed E-state index contributed by atoms with van der Waals surface area (Å²) >= 11 is 0. The first-order chi connectivity index (χ1) is 4.66. The van der Waals surface area contributed by atoms with Gasteiger partial charge in [0.05, 0.1) is 6.42 Å². The fourth-order valence-electron chi connectivity index (χ4n) is 0.598. The molecule has 0 aliphatic heterocycles. The maximum Gasteiger partial charge on any atom is 0.304 e. The zero-order valence-corrected chi connectivity index (χ0v) is 6.21. The molecule has 0 aromatic rings. The van der Waals surface area contributed by atoms with Crippen molar-refractivity contribution in [3.8, 4) is 0 Å². The van der Waals surface area contributed by atoms with Crippen LogP contribution in [-0.4, -0.2) is 36.1 Å². The van der Waals surface area contributed by atoms with Gasteiger partial charge in [0.1, 0.15) is 0 Å². The fourth-order valence-corrected chi connectivity index (χ4v) is 0.598. The Morgan fingerprint density at radius 1 is 1.80 bits per heavy atom. The van der Waals surface area contributed by atoms with Crippen LogP contribution in [0.4, 0.5) is 0 Å². The van der Waals surface area contributed by atoms with Crippen LogP contribution in [-0.2, 0) is 4.79 Å². The highest BCUT2D eigenvalue weighted by Gasteiger charge is 1.98. The first-order valence-corrected chi connectivity index (χ1v) is 3.18. The molecule has 0 atom stereocenters. The molecular formula is C7H13NO2.